The van der Waals surface area contributed by atoms with Gasteiger partial charge in [0.15, 0.2) is 5.65 Å². The molecule has 1 unspecified atom stereocenters. The first-order valence-electron chi connectivity index (χ1n) is 11.2. The predicted octanol–water partition coefficient (Wildman–Crippen LogP) is 5.08. The van der Waals surface area contributed by atoms with Gasteiger partial charge in [0.1, 0.15) is 11.6 Å². The van der Waals surface area contributed by atoms with Crippen molar-refractivity contribution < 1.29 is 27.1 Å². The van der Waals surface area contributed by atoms with Gasteiger partial charge in [0.05, 0.1) is 12.1 Å². The van der Waals surface area contributed by atoms with Gasteiger partial charge in [0.25, 0.3) is 0 Å². The molecule has 0 aliphatic heterocycles. The van der Waals surface area contributed by atoms with E-state index in [1.807, 2.05) is 18.3 Å². The van der Waals surface area contributed by atoms with Crippen LogP contribution < -0.4 is 15.4 Å². The van der Waals surface area contributed by atoms with Crippen molar-refractivity contribution in [3.05, 3.63) is 59.7 Å². The fourth-order valence-corrected chi connectivity index (χ4v) is 4.67. The largest absolute Gasteiger partial charge is 0.573 e. The van der Waals surface area contributed by atoms with E-state index in [0.717, 1.165) is 71.1 Å². The van der Waals surface area contributed by atoms with Gasteiger partial charge in [-0.1, -0.05) is 17.4 Å². The summed E-state index contributed by atoms with van der Waals surface area (Å²) < 4.78 is 55.0. The number of rotatable bonds is 7. The number of nitrogens with zero attached hydrogens (tertiary/aromatic N) is 4. The molecule has 3 aromatic heterocycles. The fourth-order valence-electron chi connectivity index (χ4n) is 3.94. The Bertz CT molecular complexity index is 1470. The van der Waals surface area contributed by atoms with Gasteiger partial charge >= 0.3 is 6.36 Å². The number of benzene rings is 1. The molecule has 0 saturated heterocycles. The molecule has 0 fully saturated rings. The number of anilines is 2. The van der Waals surface area contributed by atoms with Crippen LogP contribution in [0.3, 0.4) is 0 Å². The lowest BCUT2D eigenvalue weighted by atomic mass is 9.93. The third-order valence-corrected chi connectivity index (χ3v) is 6.42. The maximum atomic E-state index is 14.0. The topological polar surface area (TPSA) is 118 Å². The molecule has 1 amide bonds. The molecule has 5 rings (SSSR count). The monoisotopic (exact) mass is 533 g/mol. The molecule has 14 heteroatoms. The Morgan fingerprint density at radius 1 is 1.14 bits per heavy atom. The van der Waals surface area contributed by atoms with E-state index >= 15 is 0 Å². The first kappa shape index (κ1) is 24.6. The second-order valence-corrected chi connectivity index (χ2v) is 9.27. The summed E-state index contributed by atoms with van der Waals surface area (Å²) in [6.07, 6.45) is 0.867. The molecular formula is C23H19F4N7O2S. The van der Waals surface area contributed by atoms with Crippen LogP contribution in [-0.2, 0) is 11.2 Å². The van der Waals surface area contributed by atoms with E-state index in [1.54, 1.807) is 0 Å². The summed E-state index contributed by atoms with van der Waals surface area (Å²) in [7, 11) is 0. The number of H-pyrrole nitrogens is 1. The second kappa shape index (κ2) is 10.1. The molecule has 1 aliphatic carbocycles. The molecular weight excluding hydrogens is 514 g/mol. The number of halogens is 4. The highest BCUT2D eigenvalue weighted by molar-refractivity contribution is 7.19. The minimum absolute atomic E-state index is 0.106. The fraction of sp³-hybridized carbons (Fsp3) is 0.261. The summed E-state index contributed by atoms with van der Waals surface area (Å²) in [6, 6.07) is 6.54. The number of hydrogen-bond donors (Lipinski definition) is 3. The van der Waals surface area contributed by atoms with E-state index in [-0.39, 0.29) is 16.7 Å². The molecule has 0 bridgehead atoms. The van der Waals surface area contributed by atoms with Gasteiger partial charge in [-0.05, 0) is 55.2 Å². The maximum Gasteiger partial charge on any atom is 0.573 e. The van der Waals surface area contributed by atoms with Gasteiger partial charge in [0.2, 0.25) is 16.2 Å². The number of ether oxygens (including phenoxy) is 1. The summed E-state index contributed by atoms with van der Waals surface area (Å²) in [4.78, 5) is 15.3. The smallest absolute Gasteiger partial charge is 0.406 e. The van der Waals surface area contributed by atoms with Crippen molar-refractivity contribution in [1.29, 1.82) is 0 Å². The van der Waals surface area contributed by atoms with E-state index in [1.165, 1.54) is 0 Å². The zero-order valence-corrected chi connectivity index (χ0v) is 19.8. The minimum atomic E-state index is -4.92. The lowest BCUT2D eigenvalue weighted by Crippen LogP contribution is -2.21. The number of alkyl halides is 3. The molecule has 192 valence electrons. The average molecular weight is 534 g/mol. The second-order valence-electron chi connectivity index (χ2n) is 8.29. The van der Waals surface area contributed by atoms with Crippen LogP contribution in [0.2, 0.25) is 0 Å². The number of aromatic nitrogens is 5. The van der Waals surface area contributed by atoms with Gasteiger partial charge in [-0.2, -0.15) is 0 Å². The van der Waals surface area contributed by atoms with Crippen molar-refractivity contribution in [2.45, 2.75) is 38.1 Å². The number of fused-ring (bicyclic) bond motifs is 1. The predicted molar refractivity (Wildman–Crippen MR) is 128 cm³/mol. The van der Waals surface area contributed by atoms with Crippen LogP contribution in [0.4, 0.5) is 27.8 Å². The normalized spacial score (nSPS) is 15.9. The van der Waals surface area contributed by atoms with Crippen LogP contribution in [-0.4, -0.2) is 43.7 Å². The van der Waals surface area contributed by atoms with Crippen LogP contribution in [0.1, 0.15) is 30.5 Å². The maximum absolute atomic E-state index is 14.0. The number of nitrogens with one attached hydrogen (secondary N) is 3. The number of hydrogen-bond acceptors (Lipinski definition) is 8. The van der Waals surface area contributed by atoms with Crippen LogP contribution in [0.25, 0.3) is 16.6 Å². The van der Waals surface area contributed by atoms with Gasteiger partial charge in [0, 0.05) is 23.2 Å². The van der Waals surface area contributed by atoms with E-state index in [9.17, 15) is 22.4 Å². The third-order valence-electron chi connectivity index (χ3n) is 5.65. The molecule has 4 aromatic rings. The van der Waals surface area contributed by atoms with Gasteiger partial charge in [-0.25, -0.2) is 4.39 Å². The number of amides is 1. The van der Waals surface area contributed by atoms with Crippen molar-refractivity contribution in [3.8, 4) is 5.75 Å². The SMILES string of the molecule is O=C(Cc1cc(OC(F)(F)F)ccc1F)Nc1nnc(NC2CC=C(c3cc4cc[nH]c4nn3)CC2)s1. The van der Waals surface area contributed by atoms with Crippen molar-refractivity contribution in [2.75, 3.05) is 10.6 Å². The van der Waals surface area contributed by atoms with Crippen molar-refractivity contribution >= 4 is 44.1 Å². The third kappa shape index (κ3) is 6.20. The zero-order valence-electron chi connectivity index (χ0n) is 19.0. The quantitative estimate of drug-likeness (QED) is 0.284. The molecule has 1 aliphatic rings. The number of carbonyl (C=O) groups excluding carboxylic acids is 1. The van der Waals surface area contributed by atoms with Crippen LogP contribution >= 0.6 is 11.3 Å². The van der Waals surface area contributed by atoms with Gasteiger partial charge < -0.3 is 20.4 Å². The summed E-state index contributed by atoms with van der Waals surface area (Å²) in [5, 5.41) is 23.9. The summed E-state index contributed by atoms with van der Waals surface area (Å²) in [5.41, 5.74) is 2.47. The van der Waals surface area contributed by atoms with Gasteiger partial charge in [-0.3, -0.25) is 4.79 Å². The van der Waals surface area contributed by atoms with Crippen LogP contribution in [0.15, 0.2) is 42.6 Å². The summed E-state index contributed by atoms with van der Waals surface area (Å²) in [6.45, 7) is 0. The highest BCUT2D eigenvalue weighted by atomic mass is 32.1. The Hall–Kier alpha value is -4.07. The van der Waals surface area contributed by atoms with E-state index in [2.05, 4.69) is 46.8 Å². The lowest BCUT2D eigenvalue weighted by molar-refractivity contribution is -0.274. The average Bonchev–Trinajstić information content (AvgIpc) is 3.49. The first-order chi connectivity index (χ1) is 17.7. The number of aromatic amines is 1. The highest BCUT2D eigenvalue weighted by Crippen LogP contribution is 2.30. The zero-order chi connectivity index (χ0) is 26.0. The first-order valence-corrected chi connectivity index (χ1v) is 12.0. The molecule has 0 saturated carbocycles. The Morgan fingerprint density at radius 2 is 1.97 bits per heavy atom. The molecule has 37 heavy (non-hydrogen) atoms. The summed E-state index contributed by atoms with van der Waals surface area (Å²) >= 11 is 1.10. The van der Waals surface area contributed by atoms with Crippen LogP contribution in [0, 0.1) is 5.82 Å². The highest BCUT2D eigenvalue weighted by Gasteiger charge is 2.31. The standard InChI is InChI=1S/C23H19F4N7O2S/c24-17-6-5-16(36-23(25,26)27)9-14(17)11-19(35)30-22-34-33-21(37-22)29-15-3-1-12(2-4-15)18-10-13-7-8-28-20(13)32-31-18/h1,5-10,15H,2-4,11H2,(H,28,32)(H,29,33)(H,30,34,35). The minimum Gasteiger partial charge on any atom is -0.406 e. The Balaban J connectivity index is 1.15. The van der Waals surface area contributed by atoms with Crippen molar-refractivity contribution in [1.82, 2.24) is 25.4 Å². The van der Waals surface area contributed by atoms with E-state index in [4.69, 9.17) is 0 Å². The molecule has 3 heterocycles. The number of carbonyl (C=O) groups is 1. The molecule has 1 aromatic carbocycles. The molecule has 0 spiro atoms. The summed E-state index contributed by atoms with van der Waals surface area (Å²) in [5.74, 6) is -2.09. The molecule has 9 nitrogen and oxygen atoms in total. The lowest BCUT2D eigenvalue weighted by Gasteiger charge is -2.22. The number of allylic oxidation sites excluding steroid dienone is 1. The van der Waals surface area contributed by atoms with Crippen LogP contribution in [0.5, 0.6) is 5.75 Å². The van der Waals surface area contributed by atoms with Crippen molar-refractivity contribution in [3.63, 3.8) is 0 Å². The molecule has 1 atom stereocenters. The Kier molecular flexibility index (Phi) is 6.74. The molecule has 3 N–H and O–H groups in total. The van der Waals surface area contributed by atoms with Crippen molar-refractivity contribution in [2.24, 2.45) is 0 Å². The van der Waals surface area contributed by atoms with E-state index < -0.39 is 30.3 Å². The van der Waals surface area contributed by atoms with Gasteiger partial charge in [-0.15, -0.1) is 33.6 Å². The Morgan fingerprint density at radius 3 is 2.76 bits per heavy atom. The Labute approximate surface area is 211 Å². The van der Waals surface area contributed by atoms with E-state index in [0.29, 0.717) is 5.13 Å². The molecule has 0 radical (unpaired) electrons.